The zero-order chi connectivity index (χ0) is 20.8. The van der Waals surface area contributed by atoms with Crippen molar-refractivity contribution in [2.75, 3.05) is 39.3 Å². The van der Waals surface area contributed by atoms with E-state index >= 15 is 0 Å². The van der Waals surface area contributed by atoms with Gasteiger partial charge in [0.15, 0.2) is 0 Å². The standard InChI is InChI=1S/C23H31N5O2/c29-22(27-13-11-26(12-14-27)16-19-5-2-1-3-6-19)9-8-20-7-4-10-28(17-20)23(30)21-15-24-18-25-21/h1-3,5-6,15,18,20H,4,7-14,16-17H2,(H,24,25). The molecule has 1 aromatic carbocycles. The van der Waals surface area contributed by atoms with Crippen molar-refractivity contribution in [3.05, 3.63) is 54.1 Å². The third-order valence-corrected chi connectivity index (χ3v) is 6.28. The number of nitrogens with one attached hydrogen (secondary N) is 1. The quantitative estimate of drug-likeness (QED) is 0.795. The Morgan fingerprint density at radius 1 is 1.03 bits per heavy atom. The number of aromatic amines is 1. The maximum atomic E-state index is 12.7. The second-order valence-corrected chi connectivity index (χ2v) is 8.41. The van der Waals surface area contributed by atoms with Gasteiger partial charge >= 0.3 is 0 Å². The molecule has 0 spiro atoms. The van der Waals surface area contributed by atoms with E-state index < -0.39 is 0 Å². The highest BCUT2D eigenvalue weighted by atomic mass is 16.2. The van der Waals surface area contributed by atoms with Crippen LogP contribution in [0.3, 0.4) is 0 Å². The average molecular weight is 410 g/mol. The Morgan fingerprint density at radius 2 is 1.83 bits per heavy atom. The van der Waals surface area contributed by atoms with Gasteiger partial charge in [-0.15, -0.1) is 0 Å². The molecule has 1 aromatic heterocycles. The fraction of sp³-hybridized carbons (Fsp3) is 0.522. The molecule has 0 aliphatic carbocycles. The lowest BCUT2D eigenvalue weighted by atomic mass is 9.93. The number of imidazole rings is 1. The van der Waals surface area contributed by atoms with Crippen molar-refractivity contribution in [3.63, 3.8) is 0 Å². The molecule has 2 aliphatic rings. The molecule has 0 saturated carbocycles. The first-order valence-electron chi connectivity index (χ1n) is 11.0. The predicted molar refractivity (Wildman–Crippen MR) is 115 cm³/mol. The lowest BCUT2D eigenvalue weighted by Gasteiger charge is -2.36. The van der Waals surface area contributed by atoms with Gasteiger partial charge in [0, 0.05) is 52.2 Å². The van der Waals surface area contributed by atoms with Gasteiger partial charge in [-0.05, 0) is 30.7 Å². The van der Waals surface area contributed by atoms with Crippen LogP contribution in [0.1, 0.15) is 41.7 Å². The van der Waals surface area contributed by atoms with Crippen molar-refractivity contribution in [3.8, 4) is 0 Å². The number of nitrogens with zero attached hydrogens (tertiary/aromatic N) is 4. The Morgan fingerprint density at radius 3 is 2.57 bits per heavy atom. The van der Waals surface area contributed by atoms with Gasteiger partial charge in [-0.25, -0.2) is 4.98 Å². The number of rotatable bonds is 6. The van der Waals surface area contributed by atoms with Gasteiger partial charge in [-0.3, -0.25) is 14.5 Å². The normalized spacial score (nSPS) is 20.3. The number of hydrogen-bond acceptors (Lipinski definition) is 4. The van der Waals surface area contributed by atoms with Gasteiger partial charge in [0.1, 0.15) is 5.69 Å². The number of piperidine rings is 1. The van der Waals surface area contributed by atoms with Crippen molar-refractivity contribution in [2.45, 2.75) is 32.2 Å². The van der Waals surface area contributed by atoms with Crippen molar-refractivity contribution < 1.29 is 9.59 Å². The largest absolute Gasteiger partial charge is 0.341 e. The first kappa shape index (κ1) is 20.6. The summed E-state index contributed by atoms with van der Waals surface area (Å²) in [6, 6.07) is 10.5. The Balaban J connectivity index is 1.19. The summed E-state index contributed by atoms with van der Waals surface area (Å²) in [7, 11) is 0. The van der Waals surface area contributed by atoms with Crippen LogP contribution in [-0.2, 0) is 11.3 Å². The number of piperazine rings is 1. The molecule has 0 radical (unpaired) electrons. The monoisotopic (exact) mass is 409 g/mol. The zero-order valence-corrected chi connectivity index (χ0v) is 17.5. The van der Waals surface area contributed by atoms with Gasteiger partial charge in [-0.1, -0.05) is 30.3 Å². The van der Waals surface area contributed by atoms with E-state index in [0.717, 1.165) is 65.1 Å². The number of carbonyl (C=O) groups excluding carboxylic acids is 2. The van der Waals surface area contributed by atoms with Crippen LogP contribution in [0.25, 0.3) is 0 Å². The van der Waals surface area contributed by atoms with Crippen LogP contribution in [-0.4, -0.2) is 75.8 Å². The van der Waals surface area contributed by atoms with Crippen molar-refractivity contribution in [1.82, 2.24) is 24.7 Å². The minimum absolute atomic E-state index is 0.0121. The van der Waals surface area contributed by atoms with E-state index in [0.29, 0.717) is 18.0 Å². The summed E-state index contributed by atoms with van der Waals surface area (Å²) in [6.45, 7) is 5.93. The SMILES string of the molecule is O=C(CCC1CCCN(C(=O)c2cnc[nH]2)C1)N1CCN(Cc2ccccc2)CC1. The molecule has 7 nitrogen and oxygen atoms in total. The van der Waals surface area contributed by atoms with Crippen LogP contribution < -0.4 is 0 Å². The highest BCUT2D eigenvalue weighted by Gasteiger charge is 2.27. The second kappa shape index (κ2) is 9.89. The molecule has 2 amide bonds. The first-order valence-corrected chi connectivity index (χ1v) is 11.0. The topological polar surface area (TPSA) is 72.5 Å². The number of aromatic nitrogens is 2. The van der Waals surface area contributed by atoms with Crippen LogP contribution in [0, 0.1) is 5.92 Å². The number of benzene rings is 1. The molecule has 2 fully saturated rings. The second-order valence-electron chi connectivity index (χ2n) is 8.41. The van der Waals surface area contributed by atoms with E-state index in [-0.39, 0.29) is 11.8 Å². The molecule has 1 atom stereocenters. The van der Waals surface area contributed by atoms with Gasteiger partial charge in [0.2, 0.25) is 5.91 Å². The van der Waals surface area contributed by atoms with Crippen LogP contribution in [0.5, 0.6) is 0 Å². The highest BCUT2D eigenvalue weighted by Crippen LogP contribution is 2.23. The summed E-state index contributed by atoms with van der Waals surface area (Å²) < 4.78 is 0. The van der Waals surface area contributed by atoms with Crippen molar-refractivity contribution in [2.24, 2.45) is 5.92 Å². The molecule has 30 heavy (non-hydrogen) atoms. The molecule has 2 aromatic rings. The molecular formula is C23H31N5O2. The van der Waals surface area contributed by atoms with Crippen molar-refractivity contribution in [1.29, 1.82) is 0 Å². The summed E-state index contributed by atoms with van der Waals surface area (Å²) >= 11 is 0. The summed E-state index contributed by atoms with van der Waals surface area (Å²) in [5.74, 6) is 0.665. The van der Waals surface area contributed by atoms with E-state index in [1.165, 1.54) is 11.9 Å². The van der Waals surface area contributed by atoms with E-state index in [9.17, 15) is 9.59 Å². The lowest BCUT2D eigenvalue weighted by Crippen LogP contribution is -2.48. The van der Waals surface area contributed by atoms with E-state index in [2.05, 4.69) is 39.1 Å². The number of amides is 2. The molecule has 3 heterocycles. The molecule has 1 unspecified atom stereocenters. The van der Waals surface area contributed by atoms with E-state index in [1.807, 2.05) is 15.9 Å². The lowest BCUT2D eigenvalue weighted by molar-refractivity contribution is -0.133. The molecule has 4 rings (SSSR count). The maximum absolute atomic E-state index is 12.7. The molecule has 2 aliphatic heterocycles. The third-order valence-electron chi connectivity index (χ3n) is 6.28. The summed E-state index contributed by atoms with van der Waals surface area (Å²) in [5, 5.41) is 0. The van der Waals surface area contributed by atoms with E-state index in [4.69, 9.17) is 0 Å². The number of likely N-dealkylation sites (tertiary alicyclic amines) is 1. The van der Waals surface area contributed by atoms with Gasteiger partial charge in [-0.2, -0.15) is 0 Å². The summed E-state index contributed by atoms with van der Waals surface area (Å²) in [4.78, 5) is 38.4. The maximum Gasteiger partial charge on any atom is 0.271 e. The first-order chi connectivity index (χ1) is 14.7. The summed E-state index contributed by atoms with van der Waals surface area (Å²) in [5.41, 5.74) is 1.86. The molecule has 1 N–H and O–H groups in total. The Hall–Kier alpha value is -2.67. The molecule has 0 bridgehead atoms. The van der Waals surface area contributed by atoms with Crippen LogP contribution >= 0.6 is 0 Å². The third kappa shape index (κ3) is 5.27. The Bertz CT molecular complexity index is 815. The molecule has 160 valence electrons. The average Bonchev–Trinajstić information content (AvgIpc) is 3.33. The van der Waals surface area contributed by atoms with Crippen LogP contribution in [0.15, 0.2) is 42.9 Å². The minimum atomic E-state index is 0.0121. The van der Waals surface area contributed by atoms with Crippen LogP contribution in [0.4, 0.5) is 0 Å². The summed E-state index contributed by atoms with van der Waals surface area (Å²) in [6.07, 6.45) is 6.63. The Kier molecular flexibility index (Phi) is 6.79. The highest BCUT2D eigenvalue weighted by molar-refractivity contribution is 5.92. The minimum Gasteiger partial charge on any atom is -0.341 e. The van der Waals surface area contributed by atoms with Gasteiger partial charge in [0.05, 0.1) is 12.5 Å². The van der Waals surface area contributed by atoms with Gasteiger partial charge < -0.3 is 14.8 Å². The predicted octanol–water partition coefficient (Wildman–Crippen LogP) is 2.39. The molecule has 7 heteroatoms. The number of hydrogen-bond donors (Lipinski definition) is 1. The smallest absolute Gasteiger partial charge is 0.271 e. The molecule has 2 saturated heterocycles. The fourth-order valence-corrected chi connectivity index (χ4v) is 4.51. The molecular weight excluding hydrogens is 378 g/mol. The fourth-order valence-electron chi connectivity index (χ4n) is 4.51. The van der Waals surface area contributed by atoms with E-state index in [1.54, 1.807) is 6.20 Å². The Labute approximate surface area is 178 Å². The number of H-pyrrole nitrogens is 1. The van der Waals surface area contributed by atoms with Gasteiger partial charge in [0.25, 0.3) is 5.91 Å². The van der Waals surface area contributed by atoms with Crippen molar-refractivity contribution >= 4 is 11.8 Å². The number of carbonyl (C=O) groups is 2. The van der Waals surface area contributed by atoms with Crippen LogP contribution in [0.2, 0.25) is 0 Å². The zero-order valence-electron chi connectivity index (χ0n) is 17.5.